The molecule has 2 atom stereocenters. The van der Waals surface area contributed by atoms with E-state index in [4.69, 9.17) is 5.11 Å². The molecular weight excluding hydrogens is 232 g/mol. The highest BCUT2D eigenvalue weighted by Crippen LogP contribution is 2.23. The molecule has 0 spiro atoms. The molecule has 1 rings (SSSR count). The molecule has 0 aromatic rings. The highest BCUT2D eigenvalue weighted by Gasteiger charge is 2.28. The number of carboxylic acids is 1. The van der Waals surface area contributed by atoms with Crippen molar-refractivity contribution in [2.75, 3.05) is 26.2 Å². The minimum atomic E-state index is -0.859. The first-order chi connectivity index (χ1) is 8.45. The molecule has 0 aromatic heterocycles. The van der Waals surface area contributed by atoms with Gasteiger partial charge in [0.25, 0.3) is 0 Å². The molecule has 5 nitrogen and oxygen atoms in total. The number of hydrogen-bond acceptors (Lipinski definition) is 2. The number of amides is 2. The lowest BCUT2D eigenvalue weighted by Crippen LogP contribution is -2.49. The molecule has 5 heteroatoms. The molecule has 1 fully saturated rings. The lowest BCUT2D eigenvalue weighted by atomic mass is 9.89. The molecule has 18 heavy (non-hydrogen) atoms. The Morgan fingerprint density at radius 1 is 1.33 bits per heavy atom. The van der Waals surface area contributed by atoms with E-state index in [0.717, 1.165) is 19.5 Å². The zero-order valence-electron chi connectivity index (χ0n) is 11.6. The summed E-state index contributed by atoms with van der Waals surface area (Å²) in [7, 11) is 0. The Morgan fingerprint density at radius 2 is 2.00 bits per heavy atom. The van der Waals surface area contributed by atoms with Crippen molar-refractivity contribution >= 4 is 12.0 Å². The van der Waals surface area contributed by atoms with Gasteiger partial charge in [-0.1, -0.05) is 13.8 Å². The molecule has 1 N–H and O–H groups in total. The summed E-state index contributed by atoms with van der Waals surface area (Å²) in [5.41, 5.74) is 0. The van der Waals surface area contributed by atoms with Crippen molar-refractivity contribution < 1.29 is 14.7 Å². The first-order valence-corrected chi connectivity index (χ1v) is 6.71. The molecule has 0 aromatic carbocycles. The summed E-state index contributed by atoms with van der Waals surface area (Å²) >= 11 is 0. The van der Waals surface area contributed by atoms with Crippen LogP contribution in [0.25, 0.3) is 0 Å². The summed E-state index contributed by atoms with van der Waals surface area (Å²) in [6.45, 7) is 8.69. The smallest absolute Gasteiger partial charge is 0.320 e. The van der Waals surface area contributed by atoms with E-state index in [9.17, 15) is 9.59 Å². The molecule has 104 valence electrons. The molecule has 1 aliphatic heterocycles. The molecule has 1 saturated heterocycles. The standard InChI is InChI=1S/C13H24N2O3/c1-4-14(8-6-12(16)17)13(18)15-7-5-10(2)11(3)9-15/h10-11H,4-9H2,1-3H3,(H,16,17). The van der Waals surface area contributed by atoms with Crippen LogP contribution in [0.3, 0.4) is 0 Å². The van der Waals surface area contributed by atoms with Crippen LogP contribution in [0, 0.1) is 11.8 Å². The topological polar surface area (TPSA) is 60.9 Å². The zero-order valence-corrected chi connectivity index (χ0v) is 11.6. The Morgan fingerprint density at radius 3 is 2.50 bits per heavy atom. The first kappa shape index (κ1) is 14.8. The zero-order chi connectivity index (χ0) is 13.7. The van der Waals surface area contributed by atoms with Crippen LogP contribution in [0.2, 0.25) is 0 Å². The SMILES string of the molecule is CCN(CCC(=O)O)C(=O)N1CCC(C)C(C)C1. The largest absolute Gasteiger partial charge is 0.481 e. The first-order valence-electron chi connectivity index (χ1n) is 6.71. The van der Waals surface area contributed by atoms with Crippen LogP contribution in [0.15, 0.2) is 0 Å². The number of rotatable bonds is 4. The molecule has 1 aliphatic rings. The normalized spacial score (nSPS) is 23.8. The quantitative estimate of drug-likeness (QED) is 0.835. The molecule has 2 amide bonds. The van der Waals surface area contributed by atoms with E-state index in [0.29, 0.717) is 24.9 Å². The maximum atomic E-state index is 12.3. The summed E-state index contributed by atoms with van der Waals surface area (Å²) in [6, 6.07) is -0.0162. The van der Waals surface area contributed by atoms with Crippen LogP contribution < -0.4 is 0 Å². The van der Waals surface area contributed by atoms with Crippen molar-refractivity contribution in [1.82, 2.24) is 9.80 Å². The van der Waals surface area contributed by atoms with Gasteiger partial charge in [0, 0.05) is 26.2 Å². The number of hydrogen-bond donors (Lipinski definition) is 1. The summed E-state index contributed by atoms with van der Waals surface area (Å²) in [5.74, 6) is 0.311. The van der Waals surface area contributed by atoms with Gasteiger partial charge in [-0.25, -0.2) is 4.79 Å². The Kier molecular flexibility index (Phi) is 5.44. The third kappa shape index (κ3) is 3.89. The molecule has 1 heterocycles. The molecule has 0 radical (unpaired) electrons. The summed E-state index contributed by atoms with van der Waals surface area (Å²) in [4.78, 5) is 26.3. The maximum Gasteiger partial charge on any atom is 0.320 e. The fraction of sp³-hybridized carbons (Fsp3) is 0.846. The number of piperidine rings is 1. The van der Waals surface area contributed by atoms with Crippen LogP contribution in [0.1, 0.15) is 33.6 Å². The van der Waals surface area contributed by atoms with E-state index in [-0.39, 0.29) is 12.5 Å². The lowest BCUT2D eigenvalue weighted by Gasteiger charge is -2.38. The van der Waals surface area contributed by atoms with Gasteiger partial charge in [0.1, 0.15) is 0 Å². The number of carboxylic acid groups (broad SMARTS) is 1. The summed E-state index contributed by atoms with van der Waals surface area (Å²) in [6.07, 6.45) is 1.04. The van der Waals surface area contributed by atoms with Gasteiger partial charge in [-0.05, 0) is 25.2 Å². The molecule has 0 bridgehead atoms. The molecule has 2 unspecified atom stereocenters. The van der Waals surface area contributed by atoms with Crippen molar-refractivity contribution in [1.29, 1.82) is 0 Å². The van der Waals surface area contributed by atoms with Gasteiger partial charge in [-0.2, -0.15) is 0 Å². The molecule has 0 saturated carbocycles. The maximum absolute atomic E-state index is 12.3. The number of urea groups is 1. The average molecular weight is 256 g/mol. The van der Waals surface area contributed by atoms with Crippen LogP contribution in [0.5, 0.6) is 0 Å². The minimum Gasteiger partial charge on any atom is -0.481 e. The van der Waals surface area contributed by atoms with Crippen molar-refractivity contribution in [3.63, 3.8) is 0 Å². The van der Waals surface area contributed by atoms with Gasteiger partial charge in [-0.15, -0.1) is 0 Å². The van der Waals surface area contributed by atoms with Crippen molar-refractivity contribution in [2.45, 2.75) is 33.6 Å². The number of nitrogens with zero attached hydrogens (tertiary/aromatic N) is 2. The fourth-order valence-electron chi connectivity index (χ4n) is 2.26. The summed E-state index contributed by atoms with van der Waals surface area (Å²) in [5, 5.41) is 8.68. The van der Waals surface area contributed by atoms with Crippen LogP contribution >= 0.6 is 0 Å². The van der Waals surface area contributed by atoms with Crippen LogP contribution in [-0.2, 0) is 4.79 Å². The van der Waals surface area contributed by atoms with Crippen molar-refractivity contribution in [3.05, 3.63) is 0 Å². The summed E-state index contributed by atoms with van der Waals surface area (Å²) < 4.78 is 0. The molecular formula is C13H24N2O3. The fourth-order valence-corrected chi connectivity index (χ4v) is 2.26. The predicted octanol–water partition coefficient (Wildman–Crippen LogP) is 1.88. The van der Waals surface area contributed by atoms with Crippen LogP contribution in [0.4, 0.5) is 4.79 Å². The lowest BCUT2D eigenvalue weighted by molar-refractivity contribution is -0.137. The van der Waals surface area contributed by atoms with Crippen molar-refractivity contribution in [3.8, 4) is 0 Å². The Labute approximate surface area is 109 Å². The third-order valence-electron chi connectivity index (χ3n) is 3.85. The number of likely N-dealkylation sites (tertiary alicyclic amines) is 1. The second-order valence-corrected chi connectivity index (χ2v) is 5.20. The highest BCUT2D eigenvalue weighted by molar-refractivity contribution is 5.75. The van der Waals surface area contributed by atoms with E-state index in [1.165, 1.54) is 0 Å². The second kappa shape index (κ2) is 6.61. The van der Waals surface area contributed by atoms with Gasteiger partial charge in [-0.3, -0.25) is 4.79 Å². The Bertz CT molecular complexity index is 307. The number of carbonyl (C=O) groups is 2. The third-order valence-corrected chi connectivity index (χ3v) is 3.85. The predicted molar refractivity (Wildman–Crippen MR) is 69.4 cm³/mol. The van der Waals surface area contributed by atoms with E-state index < -0.39 is 5.97 Å². The van der Waals surface area contributed by atoms with E-state index in [2.05, 4.69) is 13.8 Å². The van der Waals surface area contributed by atoms with E-state index >= 15 is 0 Å². The highest BCUT2D eigenvalue weighted by atomic mass is 16.4. The van der Waals surface area contributed by atoms with Gasteiger partial charge in [0.05, 0.1) is 6.42 Å². The van der Waals surface area contributed by atoms with Gasteiger partial charge >= 0.3 is 12.0 Å². The van der Waals surface area contributed by atoms with Crippen LogP contribution in [-0.4, -0.2) is 53.1 Å². The number of aliphatic carboxylic acids is 1. The van der Waals surface area contributed by atoms with Gasteiger partial charge in [0.15, 0.2) is 0 Å². The Hall–Kier alpha value is -1.26. The average Bonchev–Trinajstić information content (AvgIpc) is 2.32. The molecule has 0 aliphatic carbocycles. The monoisotopic (exact) mass is 256 g/mol. The van der Waals surface area contributed by atoms with Gasteiger partial charge < -0.3 is 14.9 Å². The number of carbonyl (C=O) groups excluding carboxylic acids is 1. The second-order valence-electron chi connectivity index (χ2n) is 5.20. The van der Waals surface area contributed by atoms with Crippen molar-refractivity contribution in [2.24, 2.45) is 11.8 Å². The Balaban J connectivity index is 2.53. The van der Waals surface area contributed by atoms with E-state index in [1.807, 2.05) is 11.8 Å². The van der Waals surface area contributed by atoms with E-state index in [1.54, 1.807) is 4.90 Å². The van der Waals surface area contributed by atoms with Gasteiger partial charge in [0.2, 0.25) is 0 Å². The minimum absolute atomic E-state index is 0.0133.